The Kier molecular flexibility index (Phi) is 3.20. The molecule has 3 saturated carbocycles. The van der Waals surface area contributed by atoms with Gasteiger partial charge in [-0.05, 0) is 50.6 Å². The maximum Gasteiger partial charge on any atom is 0.311 e. The molecule has 4 aliphatic heterocycles. The molecule has 7 fully saturated rings. The van der Waals surface area contributed by atoms with Crippen molar-refractivity contribution in [3.63, 3.8) is 0 Å². The molecule has 0 aromatic heterocycles. The molecule has 23 heavy (non-hydrogen) atoms. The maximum atomic E-state index is 12.3. The standard InChI is InChI=1S/C17H24N2O4/c20-16(14-8-3-12(14)18-6-8)22-10-1-2-11(5-10)23-17(21)15-9-4-13(15)19-7-9/h8-15,18-19H,1-7H2. The minimum atomic E-state index is -0.0727. The molecule has 6 heteroatoms. The Balaban J connectivity index is 1.10. The van der Waals surface area contributed by atoms with Crippen molar-refractivity contribution in [3.8, 4) is 0 Å². The van der Waals surface area contributed by atoms with Crippen LogP contribution in [0, 0.1) is 23.7 Å². The highest BCUT2D eigenvalue weighted by Gasteiger charge is 2.53. The molecule has 4 saturated heterocycles. The van der Waals surface area contributed by atoms with Crippen LogP contribution in [0.15, 0.2) is 0 Å². The van der Waals surface area contributed by atoms with Crippen molar-refractivity contribution in [1.29, 1.82) is 0 Å². The van der Waals surface area contributed by atoms with Gasteiger partial charge in [0, 0.05) is 18.5 Å². The summed E-state index contributed by atoms with van der Waals surface area (Å²) in [6, 6.07) is 0.674. The maximum absolute atomic E-state index is 12.3. The molecule has 6 nitrogen and oxygen atoms in total. The van der Waals surface area contributed by atoms with Gasteiger partial charge in [0.25, 0.3) is 0 Å². The van der Waals surface area contributed by atoms with Crippen LogP contribution in [-0.2, 0) is 19.1 Å². The van der Waals surface area contributed by atoms with Crippen molar-refractivity contribution in [2.45, 2.75) is 56.4 Å². The summed E-state index contributed by atoms with van der Waals surface area (Å²) in [6.45, 7) is 1.90. The van der Waals surface area contributed by atoms with E-state index < -0.39 is 0 Å². The van der Waals surface area contributed by atoms with Crippen LogP contribution in [0.25, 0.3) is 0 Å². The summed E-state index contributed by atoms with van der Waals surface area (Å²) in [5.74, 6) is 0.985. The molecule has 8 atom stereocenters. The first kappa shape index (κ1) is 14.2. The van der Waals surface area contributed by atoms with E-state index in [2.05, 4.69) is 10.6 Å². The largest absolute Gasteiger partial charge is 0.462 e. The van der Waals surface area contributed by atoms with Gasteiger partial charge >= 0.3 is 11.9 Å². The molecular formula is C17H24N2O4. The number of hydrogen-bond donors (Lipinski definition) is 2. The lowest BCUT2D eigenvalue weighted by molar-refractivity contribution is -0.161. The van der Waals surface area contributed by atoms with Gasteiger partial charge in [-0.3, -0.25) is 9.59 Å². The van der Waals surface area contributed by atoms with Gasteiger partial charge in [0.1, 0.15) is 12.2 Å². The third-order valence-corrected chi connectivity index (χ3v) is 6.73. The van der Waals surface area contributed by atoms with Gasteiger partial charge in [0.05, 0.1) is 11.8 Å². The summed E-state index contributed by atoms with van der Waals surface area (Å²) in [6.07, 6.45) is 4.38. The molecule has 4 bridgehead atoms. The fourth-order valence-corrected chi connectivity index (χ4v) is 5.26. The average molecular weight is 320 g/mol. The number of hydrogen-bond acceptors (Lipinski definition) is 6. The molecule has 3 aliphatic carbocycles. The summed E-state index contributed by atoms with van der Waals surface area (Å²) in [5, 5.41) is 6.70. The van der Waals surface area contributed by atoms with E-state index in [1.54, 1.807) is 0 Å². The van der Waals surface area contributed by atoms with Crippen molar-refractivity contribution in [2.75, 3.05) is 13.1 Å². The van der Waals surface area contributed by atoms with Crippen LogP contribution >= 0.6 is 0 Å². The minimum absolute atomic E-state index is 0.0468. The molecule has 2 N–H and O–H groups in total. The molecule has 0 radical (unpaired) electrons. The first-order valence-corrected chi connectivity index (χ1v) is 9.07. The summed E-state index contributed by atoms with van der Waals surface area (Å²) < 4.78 is 11.4. The Morgan fingerprint density at radius 3 is 1.57 bits per heavy atom. The first-order chi connectivity index (χ1) is 11.2. The van der Waals surface area contributed by atoms with Crippen LogP contribution in [0.3, 0.4) is 0 Å². The third kappa shape index (κ3) is 2.22. The van der Waals surface area contributed by atoms with Crippen LogP contribution in [0.5, 0.6) is 0 Å². The van der Waals surface area contributed by atoms with Gasteiger partial charge in [-0.25, -0.2) is 0 Å². The van der Waals surface area contributed by atoms with E-state index in [0.717, 1.165) is 38.8 Å². The highest BCUT2D eigenvalue weighted by Crippen LogP contribution is 2.43. The number of nitrogens with one attached hydrogen (secondary N) is 2. The minimum Gasteiger partial charge on any atom is -0.462 e. The van der Waals surface area contributed by atoms with Gasteiger partial charge in [-0.15, -0.1) is 0 Å². The Morgan fingerprint density at radius 2 is 1.22 bits per heavy atom. The summed E-state index contributed by atoms with van der Waals surface area (Å²) in [5.41, 5.74) is 0. The molecule has 7 aliphatic rings. The van der Waals surface area contributed by atoms with Gasteiger partial charge < -0.3 is 20.1 Å². The lowest BCUT2D eigenvalue weighted by atomic mass is 9.74. The lowest BCUT2D eigenvalue weighted by Gasteiger charge is -2.33. The van der Waals surface area contributed by atoms with Gasteiger partial charge in [-0.1, -0.05) is 0 Å². The number of esters is 2. The molecule has 126 valence electrons. The molecule has 4 heterocycles. The van der Waals surface area contributed by atoms with Crippen LogP contribution in [0.4, 0.5) is 0 Å². The normalized spacial score (nSPS) is 49.4. The van der Waals surface area contributed by atoms with Gasteiger partial charge in [-0.2, -0.15) is 0 Å². The fourth-order valence-electron chi connectivity index (χ4n) is 5.26. The summed E-state index contributed by atoms with van der Waals surface area (Å²) in [4.78, 5) is 24.5. The van der Waals surface area contributed by atoms with Crippen molar-refractivity contribution < 1.29 is 19.1 Å². The smallest absolute Gasteiger partial charge is 0.311 e. The number of ether oxygens (including phenoxy) is 2. The SMILES string of the molecule is O=C(OC1CCC(OC(=O)C2C3CNC2C3)C1)C1C2CNC1C2. The van der Waals surface area contributed by atoms with Crippen molar-refractivity contribution in [2.24, 2.45) is 23.7 Å². The summed E-state index contributed by atoms with van der Waals surface area (Å²) >= 11 is 0. The van der Waals surface area contributed by atoms with E-state index in [1.165, 1.54) is 0 Å². The zero-order valence-corrected chi connectivity index (χ0v) is 13.2. The highest BCUT2D eigenvalue weighted by molar-refractivity contribution is 5.76. The van der Waals surface area contributed by atoms with E-state index in [1.807, 2.05) is 0 Å². The monoisotopic (exact) mass is 320 g/mol. The number of carbonyl (C=O) groups excluding carboxylic acids is 2. The lowest BCUT2D eigenvalue weighted by Crippen LogP contribution is -2.44. The summed E-state index contributed by atoms with van der Waals surface area (Å²) in [7, 11) is 0. The van der Waals surface area contributed by atoms with E-state index in [9.17, 15) is 9.59 Å². The predicted octanol–water partition coefficient (Wildman–Crippen LogP) is 0.210. The molecular weight excluding hydrogens is 296 g/mol. The second-order valence-electron chi connectivity index (χ2n) is 8.00. The molecule has 0 aromatic rings. The number of carbonyl (C=O) groups is 2. The topological polar surface area (TPSA) is 76.7 Å². The Morgan fingerprint density at radius 1 is 0.739 bits per heavy atom. The van der Waals surface area contributed by atoms with Crippen LogP contribution in [0.1, 0.15) is 32.1 Å². The first-order valence-electron chi connectivity index (χ1n) is 9.07. The Bertz CT molecular complexity index is 465. The van der Waals surface area contributed by atoms with Crippen molar-refractivity contribution >= 4 is 11.9 Å². The molecule has 8 unspecified atom stereocenters. The van der Waals surface area contributed by atoms with E-state index in [4.69, 9.17) is 9.47 Å². The highest BCUT2D eigenvalue weighted by atomic mass is 16.6. The Hall–Kier alpha value is -1.14. The predicted molar refractivity (Wildman–Crippen MR) is 80.4 cm³/mol. The molecule has 0 aromatic carbocycles. The molecule has 0 amide bonds. The van der Waals surface area contributed by atoms with Gasteiger partial charge in [0.2, 0.25) is 0 Å². The number of rotatable bonds is 4. The molecule has 0 spiro atoms. The van der Waals surface area contributed by atoms with Crippen LogP contribution < -0.4 is 10.6 Å². The van der Waals surface area contributed by atoms with Crippen molar-refractivity contribution in [1.82, 2.24) is 10.6 Å². The van der Waals surface area contributed by atoms with E-state index in [0.29, 0.717) is 30.3 Å². The van der Waals surface area contributed by atoms with Crippen molar-refractivity contribution in [3.05, 3.63) is 0 Å². The fraction of sp³-hybridized carbons (Fsp3) is 0.882. The third-order valence-electron chi connectivity index (χ3n) is 6.73. The zero-order valence-electron chi connectivity index (χ0n) is 13.2. The zero-order chi connectivity index (χ0) is 15.6. The second kappa shape index (κ2) is 5.18. The second-order valence-corrected chi connectivity index (χ2v) is 8.00. The number of fused-ring (bicyclic) bond motifs is 2. The van der Waals surface area contributed by atoms with E-state index >= 15 is 0 Å². The van der Waals surface area contributed by atoms with Crippen LogP contribution in [0.2, 0.25) is 0 Å². The molecule has 7 rings (SSSR count). The Labute approximate surface area is 135 Å². The van der Waals surface area contributed by atoms with Gasteiger partial charge in [0.15, 0.2) is 0 Å². The quantitative estimate of drug-likeness (QED) is 0.721. The average Bonchev–Trinajstić information content (AvgIpc) is 3.26. The van der Waals surface area contributed by atoms with E-state index in [-0.39, 0.29) is 36.0 Å². The van der Waals surface area contributed by atoms with Crippen LogP contribution in [-0.4, -0.2) is 49.3 Å².